The Balaban J connectivity index is 1.58. The molecular formula is C33H41N3O7S. The van der Waals surface area contributed by atoms with Crippen molar-refractivity contribution in [3.63, 3.8) is 0 Å². The number of amides is 2. The Hall–Kier alpha value is -4.25. The van der Waals surface area contributed by atoms with Gasteiger partial charge in [0, 0.05) is 38.0 Å². The van der Waals surface area contributed by atoms with Crippen molar-refractivity contribution < 1.29 is 32.2 Å². The summed E-state index contributed by atoms with van der Waals surface area (Å²) >= 11 is 0. The molecule has 0 radical (unpaired) electrons. The van der Waals surface area contributed by atoms with Gasteiger partial charge in [0.25, 0.3) is 0 Å². The van der Waals surface area contributed by atoms with E-state index >= 15 is 0 Å². The Morgan fingerprint density at radius 1 is 0.932 bits per heavy atom. The number of nitrogens with one attached hydrogen (secondary N) is 1. The highest BCUT2D eigenvalue weighted by Crippen LogP contribution is 2.35. The van der Waals surface area contributed by atoms with Crippen LogP contribution < -0.4 is 23.8 Å². The first kappa shape index (κ1) is 32.7. The molecule has 1 atom stereocenters. The van der Waals surface area contributed by atoms with Crippen molar-refractivity contribution in [1.82, 2.24) is 10.2 Å². The maximum atomic E-state index is 14.0. The quantitative estimate of drug-likeness (QED) is 0.287. The number of carbonyl (C=O) groups is 2. The van der Waals surface area contributed by atoms with Gasteiger partial charge < -0.3 is 24.4 Å². The lowest BCUT2D eigenvalue weighted by Crippen LogP contribution is -2.51. The van der Waals surface area contributed by atoms with Crippen molar-refractivity contribution >= 4 is 27.5 Å². The molecule has 1 heterocycles. The zero-order valence-electron chi connectivity index (χ0n) is 25.7. The molecule has 3 aromatic rings. The van der Waals surface area contributed by atoms with Crippen molar-refractivity contribution in [2.24, 2.45) is 0 Å². The fraction of sp³-hybridized carbons (Fsp3) is 0.394. The molecule has 1 aliphatic heterocycles. The van der Waals surface area contributed by atoms with Crippen LogP contribution in [-0.4, -0.2) is 70.3 Å². The maximum Gasteiger partial charge on any atom is 0.243 e. The van der Waals surface area contributed by atoms with Crippen molar-refractivity contribution in [3.8, 4) is 17.2 Å². The van der Waals surface area contributed by atoms with Gasteiger partial charge in [-0.05, 0) is 55.7 Å². The number of hydrogen-bond donors (Lipinski definition) is 1. The van der Waals surface area contributed by atoms with Crippen molar-refractivity contribution in [2.45, 2.75) is 51.7 Å². The molecule has 3 aromatic carbocycles. The highest BCUT2D eigenvalue weighted by molar-refractivity contribution is 7.92. The standard InChI is InChI=1S/C33H41N3O7S/c1-24(2)34-33(38)29(21-25-10-6-5-7-11-25)35(23-26-12-8-13-28(20-26)41-3)32(37)14-9-17-36(44(4,39)40)27-15-16-30-31(22-27)43-19-18-42-30/h5-8,10-13,15-16,20,22,24,29H,9,14,17-19,21,23H2,1-4H3,(H,34,38). The highest BCUT2D eigenvalue weighted by Gasteiger charge is 2.31. The normalized spacial score (nSPS) is 13.2. The number of methoxy groups -OCH3 is 1. The largest absolute Gasteiger partial charge is 0.497 e. The predicted octanol–water partition coefficient (Wildman–Crippen LogP) is 4.18. The van der Waals surface area contributed by atoms with Gasteiger partial charge in [-0.2, -0.15) is 0 Å². The summed E-state index contributed by atoms with van der Waals surface area (Å²) in [7, 11) is -2.09. The van der Waals surface area contributed by atoms with E-state index in [9.17, 15) is 18.0 Å². The Labute approximate surface area is 260 Å². The van der Waals surface area contributed by atoms with Crippen molar-refractivity contribution in [1.29, 1.82) is 0 Å². The van der Waals surface area contributed by atoms with E-state index in [0.717, 1.165) is 17.4 Å². The maximum absolute atomic E-state index is 14.0. The molecule has 11 heteroatoms. The van der Waals surface area contributed by atoms with Crippen LogP contribution in [0.5, 0.6) is 17.2 Å². The van der Waals surface area contributed by atoms with Gasteiger partial charge in [-0.1, -0.05) is 42.5 Å². The fourth-order valence-electron chi connectivity index (χ4n) is 5.09. The van der Waals surface area contributed by atoms with E-state index in [1.807, 2.05) is 68.4 Å². The van der Waals surface area contributed by atoms with Gasteiger partial charge in [-0.25, -0.2) is 8.42 Å². The van der Waals surface area contributed by atoms with E-state index in [-0.39, 0.29) is 43.8 Å². The first-order valence-electron chi connectivity index (χ1n) is 14.7. The number of sulfonamides is 1. The molecule has 0 saturated carbocycles. The first-order valence-corrected chi connectivity index (χ1v) is 16.5. The van der Waals surface area contributed by atoms with E-state index in [4.69, 9.17) is 14.2 Å². The number of hydrogen-bond acceptors (Lipinski definition) is 7. The summed E-state index contributed by atoms with van der Waals surface area (Å²) in [5.41, 5.74) is 2.15. The Bertz CT molecular complexity index is 1530. The molecule has 1 unspecified atom stereocenters. The number of benzene rings is 3. The smallest absolute Gasteiger partial charge is 0.243 e. The van der Waals surface area contributed by atoms with E-state index < -0.39 is 16.1 Å². The molecule has 44 heavy (non-hydrogen) atoms. The van der Waals surface area contributed by atoms with Crippen LogP contribution in [0, 0.1) is 0 Å². The molecule has 0 aromatic heterocycles. The minimum absolute atomic E-state index is 0.0286. The van der Waals surface area contributed by atoms with Crippen LogP contribution in [0.15, 0.2) is 72.8 Å². The van der Waals surface area contributed by atoms with Gasteiger partial charge in [-0.3, -0.25) is 13.9 Å². The van der Waals surface area contributed by atoms with Gasteiger partial charge in [0.15, 0.2) is 11.5 Å². The number of fused-ring (bicyclic) bond motifs is 1. The number of anilines is 1. The summed E-state index contributed by atoms with van der Waals surface area (Å²) in [5, 5.41) is 2.98. The van der Waals surface area contributed by atoms with Crippen molar-refractivity contribution in [3.05, 3.63) is 83.9 Å². The topological polar surface area (TPSA) is 114 Å². The van der Waals surface area contributed by atoms with E-state index in [0.29, 0.717) is 42.6 Å². The summed E-state index contributed by atoms with van der Waals surface area (Å²) in [6, 6.07) is 21.0. The second-order valence-electron chi connectivity index (χ2n) is 11.0. The second kappa shape index (κ2) is 15.0. The van der Waals surface area contributed by atoms with Gasteiger partial charge in [0.1, 0.15) is 25.0 Å². The van der Waals surface area contributed by atoms with Crippen molar-refractivity contribution in [2.75, 3.05) is 37.4 Å². The van der Waals surface area contributed by atoms with Crippen LogP contribution in [-0.2, 0) is 32.6 Å². The number of rotatable bonds is 14. The summed E-state index contributed by atoms with van der Waals surface area (Å²) < 4.78 is 43.5. The molecule has 1 aliphatic rings. The third kappa shape index (κ3) is 8.89. The zero-order valence-corrected chi connectivity index (χ0v) is 26.5. The Kier molecular flexibility index (Phi) is 11.1. The molecule has 2 amide bonds. The minimum atomic E-state index is -3.67. The molecule has 236 valence electrons. The van der Waals surface area contributed by atoms with E-state index in [1.165, 1.54) is 4.31 Å². The van der Waals surface area contributed by atoms with Gasteiger partial charge in [0.05, 0.1) is 19.1 Å². The summed E-state index contributed by atoms with van der Waals surface area (Å²) in [6.45, 7) is 4.81. The second-order valence-corrected chi connectivity index (χ2v) is 12.9. The summed E-state index contributed by atoms with van der Waals surface area (Å²) in [6.07, 6.45) is 1.72. The average Bonchev–Trinajstić information content (AvgIpc) is 3.00. The van der Waals surface area contributed by atoms with Crippen LogP contribution in [0.3, 0.4) is 0 Å². The SMILES string of the molecule is COc1cccc(CN(C(=O)CCCN(c2ccc3c(c2)OCCO3)S(C)(=O)=O)C(Cc2ccccc2)C(=O)NC(C)C)c1. The number of ether oxygens (including phenoxy) is 3. The molecular weight excluding hydrogens is 582 g/mol. The van der Waals surface area contributed by atoms with E-state index in [2.05, 4.69) is 5.32 Å². The fourth-order valence-corrected chi connectivity index (χ4v) is 6.05. The monoisotopic (exact) mass is 623 g/mol. The van der Waals surface area contributed by atoms with Gasteiger partial charge in [-0.15, -0.1) is 0 Å². The third-order valence-electron chi connectivity index (χ3n) is 7.16. The lowest BCUT2D eigenvalue weighted by atomic mass is 10.0. The molecule has 4 rings (SSSR count). The van der Waals surface area contributed by atoms with Crippen LogP contribution in [0.25, 0.3) is 0 Å². The minimum Gasteiger partial charge on any atom is -0.497 e. The Morgan fingerprint density at radius 3 is 2.32 bits per heavy atom. The first-order chi connectivity index (χ1) is 21.0. The molecule has 0 bridgehead atoms. The lowest BCUT2D eigenvalue weighted by Gasteiger charge is -2.32. The molecule has 0 aliphatic carbocycles. The van der Waals surface area contributed by atoms with Crippen LogP contribution in [0.4, 0.5) is 5.69 Å². The van der Waals surface area contributed by atoms with Crippen LogP contribution in [0.2, 0.25) is 0 Å². The van der Waals surface area contributed by atoms with Gasteiger partial charge in [0.2, 0.25) is 21.8 Å². The average molecular weight is 624 g/mol. The van der Waals surface area contributed by atoms with Gasteiger partial charge >= 0.3 is 0 Å². The summed E-state index contributed by atoms with van der Waals surface area (Å²) in [5.74, 6) is 1.16. The number of carbonyl (C=O) groups excluding carboxylic acids is 2. The third-order valence-corrected chi connectivity index (χ3v) is 8.35. The molecule has 0 fully saturated rings. The highest BCUT2D eigenvalue weighted by atomic mass is 32.2. The lowest BCUT2D eigenvalue weighted by molar-refractivity contribution is -0.141. The Morgan fingerprint density at radius 2 is 1.64 bits per heavy atom. The van der Waals surface area contributed by atoms with Crippen LogP contribution in [0.1, 0.15) is 37.8 Å². The summed E-state index contributed by atoms with van der Waals surface area (Å²) in [4.78, 5) is 29.2. The molecule has 0 saturated heterocycles. The van der Waals surface area contributed by atoms with Crippen LogP contribution >= 0.6 is 0 Å². The predicted molar refractivity (Wildman–Crippen MR) is 170 cm³/mol. The molecule has 0 spiro atoms. The zero-order chi connectivity index (χ0) is 31.7. The van der Waals surface area contributed by atoms with E-state index in [1.54, 1.807) is 30.2 Å². The number of nitrogens with zero attached hydrogens (tertiary/aromatic N) is 2. The molecule has 1 N–H and O–H groups in total. The molecule has 10 nitrogen and oxygen atoms in total.